The lowest BCUT2D eigenvalue weighted by molar-refractivity contribution is 0.317. The average Bonchev–Trinajstić information content (AvgIpc) is 2.61. The van der Waals surface area contributed by atoms with Crippen LogP contribution >= 0.6 is 0 Å². The SMILES string of the molecule is CS(=O)(=O)C/C(=N\O)C1CC1. The summed E-state index contributed by atoms with van der Waals surface area (Å²) in [5, 5.41) is 11.4. The third kappa shape index (κ3) is 2.88. The Balaban J connectivity index is 2.59. The summed E-state index contributed by atoms with van der Waals surface area (Å²) in [6.45, 7) is 0. The molecule has 0 aromatic rings. The van der Waals surface area contributed by atoms with Crippen LogP contribution in [0.15, 0.2) is 5.16 Å². The van der Waals surface area contributed by atoms with Gasteiger partial charge in [0.1, 0.15) is 0 Å². The molecule has 0 unspecified atom stereocenters. The first-order chi connectivity index (χ1) is 5.03. The summed E-state index contributed by atoms with van der Waals surface area (Å²) in [4.78, 5) is 0. The standard InChI is InChI=1S/C6H11NO3S/c1-11(9,10)4-6(7-8)5-2-3-5/h5,8H,2-4H2,1H3/b7-6+. The predicted molar refractivity (Wildman–Crippen MR) is 41.7 cm³/mol. The van der Waals surface area contributed by atoms with Crippen LogP contribution in [0.2, 0.25) is 0 Å². The molecular formula is C6H11NO3S. The van der Waals surface area contributed by atoms with Crippen LogP contribution in [-0.4, -0.2) is 31.3 Å². The van der Waals surface area contributed by atoms with E-state index in [1.165, 1.54) is 0 Å². The van der Waals surface area contributed by atoms with E-state index in [2.05, 4.69) is 5.16 Å². The molecule has 0 aromatic heterocycles. The smallest absolute Gasteiger partial charge is 0.152 e. The zero-order valence-electron chi connectivity index (χ0n) is 6.32. The van der Waals surface area contributed by atoms with Crippen LogP contribution in [0.1, 0.15) is 12.8 Å². The molecule has 64 valence electrons. The number of nitrogens with zero attached hydrogens (tertiary/aromatic N) is 1. The first-order valence-electron chi connectivity index (χ1n) is 3.41. The highest BCUT2D eigenvalue weighted by Crippen LogP contribution is 2.30. The summed E-state index contributed by atoms with van der Waals surface area (Å²) >= 11 is 0. The van der Waals surface area contributed by atoms with Crippen molar-refractivity contribution in [3.8, 4) is 0 Å². The topological polar surface area (TPSA) is 66.7 Å². The van der Waals surface area contributed by atoms with E-state index < -0.39 is 9.84 Å². The van der Waals surface area contributed by atoms with E-state index in [9.17, 15) is 8.42 Å². The van der Waals surface area contributed by atoms with Gasteiger partial charge in [0, 0.05) is 12.2 Å². The molecule has 0 saturated heterocycles. The first kappa shape index (κ1) is 8.52. The van der Waals surface area contributed by atoms with Crippen molar-refractivity contribution in [2.75, 3.05) is 12.0 Å². The fourth-order valence-electron chi connectivity index (χ4n) is 0.914. The van der Waals surface area contributed by atoms with Crippen molar-refractivity contribution in [3.63, 3.8) is 0 Å². The number of hydrogen-bond donors (Lipinski definition) is 1. The summed E-state index contributed by atoms with van der Waals surface area (Å²) in [6.07, 6.45) is 3.05. The minimum absolute atomic E-state index is 0.103. The third-order valence-corrected chi connectivity index (χ3v) is 2.41. The van der Waals surface area contributed by atoms with Crippen molar-refractivity contribution in [1.29, 1.82) is 0 Å². The second-order valence-corrected chi connectivity index (χ2v) is 5.08. The molecule has 0 aliphatic heterocycles. The van der Waals surface area contributed by atoms with Gasteiger partial charge in [0.15, 0.2) is 9.84 Å². The summed E-state index contributed by atoms with van der Waals surface area (Å²) in [7, 11) is -3.03. The fraction of sp³-hybridized carbons (Fsp3) is 0.833. The van der Waals surface area contributed by atoms with Crippen LogP contribution in [0.5, 0.6) is 0 Å². The lowest BCUT2D eigenvalue weighted by atomic mass is 10.3. The molecule has 1 aliphatic carbocycles. The van der Waals surface area contributed by atoms with Crippen molar-refractivity contribution >= 4 is 15.5 Å². The second-order valence-electron chi connectivity index (χ2n) is 2.94. The average molecular weight is 177 g/mol. The van der Waals surface area contributed by atoms with E-state index in [1.54, 1.807) is 0 Å². The maximum Gasteiger partial charge on any atom is 0.152 e. The van der Waals surface area contributed by atoms with Crippen molar-refractivity contribution in [3.05, 3.63) is 0 Å². The van der Waals surface area contributed by atoms with Crippen LogP contribution in [-0.2, 0) is 9.84 Å². The van der Waals surface area contributed by atoms with Crippen LogP contribution in [0.3, 0.4) is 0 Å². The molecule has 1 N–H and O–H groups in total. The van der Waals surface area contributed by atoms with Gasteiger partial charge in [-0.2, -0.15) is 0 Å². The van der Waals surface area contributed by atoms with Gasteiger partial charge in [0.2, 0.25) is 0 Å². The molecule has 1 saturated carbocycles. The van der Waals surface area contributed by atoms with Crippen molar-refractivity contribution in [2.45, 2.75) is 12.8 Å². The first-order valence-corrected chi connectivity index (χ1v) is 5.47. The molecular weight excluding hydrogens is 166 g/mol. The summed E-state index contributed by atoms with van der Waals surface area (Å²) in [5.74, 6) is 0.114. The molecule has 0 atom stereocenters. The number of sulfone groups is 1. The maximum atomic E-state index is 10.7. The van der Waals surface area contributed by atoms with E-state index in [0.717, 1.165) is 19.1 Å². The molecule has 5 heteroatoms. The maximum absolute atomic E-state index is 10.7. The molecule has 0 spiro atoms. The van der Waals surface area contributed by atoms with E-state index in [4.69, 9.17) is 5.21 Å². The molecule has 1 rings (SSSR count). The van der Waals surface area contributed by atoms with Gasteiger partial charge in [0.25, 0.3) is 0 Å². The van der Waals surface area contributed by atoms with Crippen molar-refractivity contribution < 1.29 is 13.6 Å². The van der Waals surface area contributed by atoms with Gasteiger partial charge < -0.3 is 5.21 Å². The van der Waals surface area contributed by atoms with Crippen molar-refractivity contribution in [2.24, 2.45) is 11.1 Å². The molecule has 0 heterocycles. The van der Waals surface area contributed by atoms with Crippen LogP contribution in [0.25, 0.3) is 0 Å². The third-order valence-electron chi connectivity index (χ3n) is 1.59. The van der Waals surface area contributed by atoms with Gasteiger partial charge >= 0.3 is 0 Å². The second kappa shape index (κ2) is 2.81. The zero-order valence-corrected chi connectivity index (χ0v) is 7.13. The monoisotopic (exact) mass is 177 g/mol. The molecule has 0 amide bonds. The predicted octanol–water partition coefficient (Wildman–Crippen LogP) is 0.271. The summed E-state index contributed by atoms with van der Waals surface area (Å²) in [6, 6.07) is 0. The Bertz CT molecular complexity index is 264. The number of rotatable bonds is 3. The van der Waals surface area contributed by atoms with E-state index in [0.29, 0.717) is 5.71 Å². The minimum atomic E-state index is -3.03. The van der Waals surface area contributed by atoms with E-state index in [-0.39, 0.29) is 11.7 Å². The Labute approximate surface area is 65.8 Å². The highest BCUT2D eigenvalue weighted by Gasteiger charge is 2.29. The quantitative estimate of drug-likeness (QED) is 0.382. The molecule has 4 nitrogen and oxygen atoms in total. The molecule has 1 aliphatic rings. The minimum Gasteiger partial charge on any atom is -0.411 e. The van der Waals surface area contributed by atoms with E-state index in [1.807, 2.05) is 0 Å². The Morgan fingerprint density at radius 2 is 2.18 bits per heavy atom. The fourth-order valence-corrected chi connectivity index (χ4v) is 1.74. The molecule has 0 aromatic carbocycles. The van der Waals surface area contributed by atoms with Crippen molar-refractivity contribution in [1.82, 2.24) is 0 Å². The highest BCUT2D eigenvalue weighted by atomic mass is 32.2. The molecule has 0 bridgehead atoms. The molecule has 11 heavy (non-hydrogen) atoms. The molecule has 1 fully saturated rings. The highest BCUT2D eigenvalue weighted by molar-refractivity contribution is 7.91. The van der Waals surface area contributed by atoms with E-state index >= 15 is 0 Å². The molecule has 0 radical (unpaired) electrons. The number of oxime groups is 1. The number of hydrogen-bond acceptors (Lipinski definition) is 4. The van der Waals surface area contributed by atoms with Gasteiger partial charge in [-0.05, 0) is 12.8 Å². The summed E-state index contributed by atoms with van der Waals surface area (Å²) in [5.41, 5.74) is 0.410. The van der Waals surface area contributed by atoms with Gasteiger partial charge in [-0.25, -0.2) is 8.42 Å². The van der Waals surface area contributed by atoms with Gasteiger partial charge in [-0.1, -0.05) is 5.16 Å². The largest absolute Gasteiger partial charge is 0.411 e. The Morgan fingerprint density at radius 1 is 1.64 bits per heavy atom. The lowest BCUT2D eigenvalue weighted by Crippen LogP contribution is -2.16. The van der Waals surface area contributed by atoms with Crippen LogP contribution < -0.4 is 0 Å². The summed E-state index contributed by atoms with van der Waals surface area (Å²) < 4.78 is 21.5. The Hall–Kier alpha value is -0.580. The van der Waals surface area contributed by atoms with Gasteiger partial charge in [0.05, 0.1) is 11.5 Å². The van der Waals surface area contributed by atoms with Gasteiger partial charge in [-0.3, -0.25) is 0 Å². The lowest BCUT2D eigenvalue weighted by Gasteiger charge is -1.98. The normalized spacial score (nSPS) is 20.3. The zero-order chi connectivity index (χ0) is 8.48. The van der Waals surface area contributed by atoms with Crippen LogP contribution in [0.4, 0.5) is 0 Å². The van der Waals surface area contributed by atoms with Gasteiger partial charge in [-0.15, -0.1) is 0 Å². The Morgan fingerprint density at radius 3 is 2.45 bits per heavy atom. The Kier molecular flexibility index (Phi) is 2.17. The van der Waals surface area contributed by atoms with Crippen LogP contribution in [0, 0.1) is 5.92 Å².